The van der Waals surface area contributed by atoms with Gasteiger partial charge in [0, 0.05) is 38.5 Å². The highest BCUT2D eigenvalue weighted by Gasteiger charge is 2.24. The SMILES string of the molecule is CCOc1ccccc1OCC(=O)N1CCN(C(=O)CCCCl)CC1. The number of rotatable bonds is 8. The second kappa shape index (κ2) is 10.1. The Morgan fingerprint density at radius 3 is 2.12 bits per heavy atom. The topological polar surface area (TPSA) is 59.1 Å². The van der Waals surface area contributed by atoms with Crippen LogP contribution in [0.3, 0.4) is 0 Å². The van der Waals surface area contributed by atoms with Crippen LogP contribution in [0.2, 0.25) is 0 Å². The monoisotopic (exact) mass is 368 g/mol. The van der Waals surface area contributed by atoms with Gasteiger partial charge in [-0.25, -0.2) is 0 Å². The first-order valence-electron chi connectivity index (χ1n) is 8.61. The molecule has 0 aromatic heterocycles. The number of amides is 2. The third-order valence-electron chi connectivity index (χ3n) is 4.01. The quantitative estimate of drug-likeness (QED) is 0.660. The lowest BCUT2D eigenvalue weighted by Gasteiger charge is -2.34. The Labute approximate surface area is 153 Å². The molecule has 1 heterocycles. The molecule has 0 atom stereocenters. The molecule has 0 N–H and O–H groups in total. The van der Waals surface area contributed by atoms with Crippen LogP contribution in [0.25, 0.3) is 0 Å². The maximum atomic E-state index is 12.3. The third-order valence-corrected chi connectivity index (χ3v) is 4.28. The fraction of sp³-hybridized carbons (Fsp3) is 0.556. The molecule has 1 aromatic rings. The van der Waals surface area contributed by atoms with E-state index in [-0.39, 0.29) is 18.4 Å². The maximum absolute atomic E-state index is 12.3. The van der Waals surface area contributed by atoms with E-state index in [1.807, 2.05) is 25.1 Å². The van der Waals surface area contributed by atoms with Gasteiger partial charge in [-0.3, -0.25) is 9.59 Å². The Hall–Kier alpha value is -1.95. The molecule has 138 valence electrons. The van der Waals surface area contributed by atoms with E-state index in [0.29, 0.717) is 63.0 Å². The van der Waals surface area contributed by atoms with Crippen molar-refractivity contribution in [2.24, 2.45) is 0 Å². The second-order valence-corrected chi connectivity index (χ2v) is 6.10. The smallest absolute Gasteiger partial charge is 0.260 e. The molecule has 0 aliphatic carbocycles. The Morgan fingerprint density at radius 1 is 1.00 bits per heavy atom. The van der Waals surface area contributed by atoms with Gasteiger partial charge >= 0.3 is 0 Å². The van der Waals surface area contributed by atoms with Crippen LogP contribution in [-0.4, -0.2) is 66.9 Å². The van der Waals surface area contributed by atoms with Gasteiger partial charge in [0.2, 0.25) is 5.91 Å². The lowest BCUT2D eigenvalue weighted by Crippen LogP contribution is -2.51. The van der Waals surface area contributed by atoms with Gasteiger partial charge in [0.15, 0.2) is 18.1 Å². The number of carbonyl (C=O) groups is 2. The summed E-state index contributed by atoms with van der Waals surface area (Å²) in [5.74, 6) is 1.71. The van der Waals surface area contributed by atoms with Gasteiger partial charge in [-0.1, -0.05) is 12.1 Å². The summed E-state index contributed by atoms with van der Waals surface area (Å²) in [5, 5.41) is 0. The second-order valence-electron chi connectivity index (χ2n) is 5.72. The molecule has 1 aromatic carbocycles. The molecular formula is C18H25ClN2O4. The van der Waals surface area contributed by atoms with Crippen LogP contribution in [0.5, 0.6) is 11.5 Å². The lowest BCUT2D eigenvalue weighted by molar-refractivity contribution is -0.140. The molecule has 1 fully saturated rings. The summed E-state index contributed by atoms with van der Waals surface area (Å²) < 4.78 is 11.1. The number of para-hydroxylation sites is 2. The normalized spacial score (nSPS) is 14.3. The third kappa shape index (κ3) is 5.81. The molecule has 0 radical (unpaired) electrons. The minimum Gasteiger partial charge on any atom is -0.490 e. The largest absolute Gasteiger partial charge is 0.490 e. The number of halogens is 1. The van der Waals surface area contributed by atoms with Gasteiger partial charge in [-0.2, -0.15) is 0 Å². The molecule has 0 spiro atoms. The van der Waals surface area contributed by atoms with Gasteiger partial charge in [0.05, 0.1) is 6.61 Å². The molecule has 1 aliphatic rings. The van der Waals surface area contributed by atoms with Crippen molar-refractivity contribution in [2.75, 3.05) is 45.3 Å². The van der Waals surface area contributed by atoms with Gasteiger partial charge in [-0.15, -0.1) is 11.6 Å². The summed E-state index contributed by atoms with van der Waals surface area (Å²) >= 11 is 5.62. The van der Waals surface area contributed by atoms with Crippen LogP contribution in [0.1, 0.15) is 19.8 Å². The molecule has 6 nitrogen and oxygen atoms in total. The van der Waals surface area contributed by atoms with Crippen molar-refractivity contribution in [3.8, 4) is 11.5 Å². The van der Waals surface area contributed by atoms with Crippen LogP contribution in [0.4, 0.5) is 0 Å². The van der Waals surface area contributed by atoms with E-state index in [1.165, 1.54) is 0 Å². The molecule has 0 bridgehead atoms. The van der Waals surface area contributed by atoms with Crippen molar-refractivity contribution in [1.82, 2.24) is 9.80 Å². The van der Waals surface area contributed by atoms with E-state index in [1.54, 1.807) is 15.9 Å². The highest BCUT2D eigenvalue weighted by molar-refractivity contribution is 6.17. The fourth-order valence-electron chi connectivity index (χ4n) is 2.66. The average Bonchev–Trinajstić information content (AvgIpc) is 2.65. The van der Waals surface area contributed by atoms with Gasteiger partial charge < -0.3 is 19.3 Å². The van der Waals surface area contributed by atoms with Gasteiger partial charge in [-0.05, 0) is 25.5 Å². The first kappa shape index (κ1) is 19.4. The zero-order chi connectivity index (χ0) is 18.1. The van der Waals surface area contributed by atoms with Crippen molar-refractivity contribution < 1.29 is 19.1 Å². The van der Waals surface area contributed by atoms with E-state index in [2.05, 4.69) is 0 Å². The van der Waals surface area contributed by atoms with E-state index in [4.69, 9.17) is 21.1 Å². The number of ether oxygens (including phenoxy) is 2. The van der Waals surface area contributed by atoms with E-state index < -0.39 is 0 Å². The molecule has 1 saturated heterocycles. The van der Waals surface area contributed by atoms with Crippen LogP contribution >= 0.6 is 11.6 Å². The summed E-state index contributed by atoms with van der Waals surface area (Å²) in [6.07, 6.45) is 1.15. The first-order valence-corrected chi connectivity index (χ1v) is 9.15. The van der Waals surface area contributed by atoms with E-state index >= 15 is 0 Å². The number of hydrogen-bond donors (Lipinski definition) is 0. The molecule has 0 saturated carbocycles. The first-order chi connectivity index (χ1) is 12.2. The highest BCUT2D eigenvalue weighted by Crippen LogP contribution is 2.26. The maximum Gasteiger partial charge on any atom is 0.260 e. The van der Waals surface area contributed by atoms with Crippen LogP contribution in [-0.2, 0) is 9.59 Å². The standard InChI is InChI=1S/C18H25ClN2O4/c1-2-24-15-6-3-4-7-16(15)25-14-18(23)21-12-10-20(11-13-21)17(22)8-5-9-19/h3-4,6-7H,2,5,8-14H2,1H3. The molecular weight excluding hydrogens is 344 g/mol. The van der Waals surface area contributed by atoms with Gasteiger partial charge in [0.1, 0.15) is 0 Å². The Balaban J connectivity index is 1.78. The average molecular weight is 369 g/mol. The van der Waals surface area contributed by atoms with Crippen LogP contribution in [0, 0.1) is 0 Å². The van der Waals surface area contributed by atoms with E-state index in [0.717, 1.165) is 0 Å². The number of hydrogen-bond acceptors (Lipinski definition) is 4. The van der Waals surface area contributed by atoms with E-state index in [9.17, 15) is 9.59 Å². The summed E-state index contributed by atoms with van der Waals surface area (Å²) in [6, 6.07) is 7.30. The minimum atomic E-state index is -0.0841. The van der Waals surface area contributed by atoms with Crippen LogP contribution in [0.15, 0.2) is 24.3 Å². The lowest BCUT2D eigenvalue weighted by atomic mass is 10.2. The Morgan fingerprint density at radius 2 is 1.56 bits per heavy atom. The number of benzene rings is 1. The predicted octanol–water partition coefficient (Wildman–Crippen LogP) is 2.15. The Bertz CT molecular complexity index is 574. The highest BCUT2D eigenvalue weighted by atomic mass is 35.5. The molecule has 2 rings (SSSR count). The molecule has 2 amide bonds. The number of alkyl halides is 1. The number of nitrogens with zero attached hydrogens (tertiary/aromatic N) is 2. The number of piperazine rings is 1. The van der Waals surface area contributed by atoms with Gasteiger partial charge in [0.25, 0.3) is 5.91 Å². The molecule has 25 heavy (non-hydrogen) atoms. The Kier molecular flexibility index (Phi) is 7.85. The zero-order valence-electron chi connectivity index (χ0n) is 14.6. The molecule has 0 unspecified atom stereocenters. The predicted molar refractivity (Wildman–Crippen MR) is 96.2 cm³/mol. The van der Waals surface area contributed by atoms with Crippen molar-refractivity contribution in [1.29, 1.82) is 0 Å². The zero-order valence-corrected chi connectivity index (χ0v) is 15.3. The summed E-state index contributed by atoms with van der Waals surface area (Å²) in [7, 11) is 0. The van der Waals surface area contributed by atoms with Crippen molar-refractivity contribution in [3.05, 3.63) is 24.3 Å². The summed E-state index contributed by atoms with van der Waals surface area (Å²) in [6.45, 7) is 4.57. The van der Waals surface area contributed by atoms with Crippen LogP contribution < -0.4 is 9.47 Å². The minimum absolute atomic E-state index is 0.0374. The summed E-state index contributed by atoms with van der Waals surface area (Å²) in [5.41, 5.74) is 0. The van der Waals surface area contributed by atoms with Crippen molar-refractivity contribution in [3.63, 3.8) is 0 Å². The summed E-state index contributed by atoms with van der Waals surface area (Å²) in [4.78, 5) is 27.8. The van der Waals surface area contributed by atoms with Crippen molar-refractivity contribution >= 4 is 23.4 Å². The molecule has 1 aliphatic heterocycles. The fourth-order valence-corrected chi connectivity index (χ4v) is 2.79. The molecule has 7 heteroatoms. The van der Waals surface area contributed by atoms with Crippen molar-refractivity contribution in [2.45, 2.75) is 19.8 Å². The number of carbonyl (C=O) groups excluding carboxylic acids is 2.